The van der Waals surface area contributed by atoms with Gasteiger partial charge in [-0.05, 0) is 43.5 Å². The summed E-state index contributed by atoms with van der Waals surface area (Å²) in [5.41, 5.74) is 1.71. The van der Waals surface area contributed by atoms with Crippen LogP contribution in [-0.2, 0) is 37.1 Å². The molecule has 0 bridgehead atoms. The lowest BCUT2D eigenvalue weighted by Gasteiger charge is -2.36. The molecule has 2 aliphatic heterocycles. The van der Waals surface area contributed by atoms with Gasteiger partial charge in [0.1, 0.15) is 36.4 Å². The molecular formula is C34H46FN5O6. The van der Waals surface area contributed by atoms with Crippen molar-refractivity contribution in [3.8, 4) is 0 Å². The van der Waals surface area contributed by atoms with E-state index in [1.807, 2.05) is 7.05 Å². The molecule has 2 aromatic rings. The van der Waals surface area contributed by atoms with E-state index < -0.39 is 35.5 Å². The maximum Gasteiger partial charge on any atom is 0.245 e. The third-order valence-electron chi connectivity index (χ3n) is 9.65. The van der Waals surface area contributed by atoms with Gasteiger partial charge in [0, 0.05) is 44.1 Å². The molecule has 1 saturated carbocycles. The number of anilines is 2. The van der Waals surface area contributed by atoms with Crippen molar-refractivity contribution in [2.75, 3.05) is 43.9 Å². The molecule has 12 heteroatoms. The maximum absolute atomic E-state index is 15.7. The number of carbonyl (C=O) groups is 4. The fourth-order valence-electron chi connectivity index (χ4n) is 6.67. The van der Waals surface area contributed by atoms with Crippen LogP contribution in [0.1, 0.15) is 81.6 Å². The van der Waals surface area contributed by atoms with E-state index in [0.29, 0.717) is 43.3 Å². The van der Waals surface area contributed by atoms with Gasteiger partial charge in [-0.25, -0.2) is 4.39 Å². The fourth-order valence-corrected chi connectivity index (χ4v) is 6.67. The summed E-state index contributed by atoms with van der Waals surface area (Å²) >= 11 is 0. The molecule has 0 unspecified atom stereocenters. The normalized spacial score (nSPS) is 19.4. The van der Waals surface area contributed by atoms with Gasteiger partial charge in [0.15, 0.2) is 0 Å². The summed E-state index contributed by atoms with van der Waals surface area (Å²) in [5, 5.41) is 8.41. The van der Waals surface area contributed by atoms with Crippen LogP contribution in [0.15, 0.2) is 28.9 Å². The molecule has 3 atom stereocenters. The Labute approximate surface area is 269 Å². The van der Waals surface area contributed by atoms with Gasteiger partial charge >= 0.3 is 0 Å². The smallest absolute Gasteiger partial charge is 0.245 e. The summed E-state index contributed by atoms with van der Waals surface area (Å²) in [7, 11) is 2.00. The Bertz CT molecular complexity index is 1410. The predicted octanol–water partition coefficient (Wildman–Crippen LogP) is 4.39. The minimum Gasteiger partial charge on any atom is -0.464 e. The van der Waals surface area contributed by atoms with Crippen molar-refractivity contribution in [1.29, 1.82) is 0 Å². The molecule has 250 valence electrons. The van der Waals surface area contributed by atoms with Crippen molar-refractivity contribution in [3.63, 3.8) is 0 Å². The second-order valence-corrected chi connectivity index (χ2v) is 12.8. The van der Waals surface area contributed by atoms with E-state index >= 15 is 4.39 Å². The SMILES string of the molecule is CCC(=O)N[C@@H](C(=O)N1CCN(C)CC1)[C@@H](C)c1ccc(NC(=O)[C@H](C(=O)Nc2coc3c2COC3)C2CCCCCC2)c(F)c1. The van der Waals surface area contributed by atoms with Gasteiger partial charge in [-0.15, -0.1) is 0 Å². The third kappa shape index (κ3) is 7.78. The van der Waals surface area contributed by atoms with Gasteiger partial charge < -0.3 is 34.9 Å². The van der Waals surface area contributed by atoms with Gasteiger partial charge in [-0.2, -0.15) is 0 Å². The Morgan fingerprint density at radius 1 is 0.957 bits per heavy atom. The van der Waals surface area contributed by atoms with E-state index in [1.165, 1.54) is 18.4 Å². The number of rotatable bonds is 10. The molecule has 46 heavy (non-hydrogen) atoms. The van der Waals surface area contributed by atoms with Crippen LogP contribution in [0, 0.1) is 17.7 Å². The van der Waals surface area contributed by atoms with Crippen LogP contribution in [0.2, 0.25) is 0 Å². The summed E-state index contributed by atoms with van der Waals surface area (Å²) < 4.78 is 26.6. The Morgan fingerprint density at radius 3 is 2.28 bits per heavy atom. The van der Waals surface area contributed by atoms with Gasteiger partial charge in [-0.3, -0.25) is 19.2 Å². The number of furan rings is 1. The van der Waals surface area contributed by atoms with Crippen molar-refractivity contribution in [3.05, 3.63) is 47.2 Å². The van der Waals surface area contributed by atoms with Gasteiger partial charge in [0.05, 0.1) is 18.0 Å². The van der Waals surface area contributed by atoms with Crippen LogP contribution in [0.3, 0.4) is 0 Å². The summed E-state index contributed by atoms with van der Waals surface area (Å²) in [6.45, 7) is 6.72. The number of carbonyl (C=O) groups excluding carboxylic acids is 4. The average Bonchev–Trinajstić information content (AvgIpc) is 3.57. The van der Waals surface area contributed by atoms with Crippen LogP contribution in [0.25, 0.3) is 0 Å². The molecule has 0 radical (unpaired) electrons. The Hall–Kier alpha value is -3.77. The molecule has 1 aromatic heterocycles. The molecule has 3 N–H and O–H groups in total. The summed E-state index contributed by atoms with van der Waals surface area (Å²) in [5.74, 6) is -3.28. The highest BCUT2D eigenvalue weighted by atomic mass is 19.1. The van der Waals surface area contributed by atoms with Crippen molar-refractivity contribution >= 4 is 35.0 Å². The summed E-state index contributed by atoms with van der Waals surface area (Å²) in [6.07, 6.45) is 7.06. The number of nitrogens with zero attached hydrogens (tertiary/aromatic N) is 2. The van der Waals surface area contributed by atoms with Crippen molar-refractivity contribution in [1.82, 2.24) is 15.1 Å². The maximum atomic E-state index is 15.7. The lowest BCUT2D eigenvalue weighted by molar-refractivity contribution is -0.138. The highest BCUT2D eigenvalue weighted by Crippen LogP contribution is 2.34. The number of hydrogen-bond donors (Lipinski definition) is 3. The minimum atomic E-state index is -1.03. The van der Waals surface area contributed by atoms with Crippen LogP contribution in [0.4, 0.5) is 15.8 Å². The van der Waals surface area contributed by atoms with Crippen molar-refractivity contribution in [2.24, 2.45) is 11.8 Å². The number of likely N-dealkylation sites (N-methyl/N-ethyl adjacent to an activating group) is 1. The first-order chi connectivity index (χ1) is 22.2. The number of nitrogens with one attached hydrogen (secondary N) is 3. The van der Waals surface area contributed by atoms with Crippen LogP contribution < -0.4 is 16.0 Å². The predicted molar refractivity (Wildman–Crippen MR) is 170 cm³/mol. The van der Waals surface area contributed by atoms with Crippen molar-refractivity contribution < 1.29 is 32.7 Å². The molecule has 11 nitrogen and oxygen atoms in total. The lowest BCUT2D eigenvalue weighted by atomic mass is 9.84. The first kappa shape index (κ1) is 33.6. The van der Waals surface area contributed by atoms with Crippen LogP contribution >= 0.6 is 0 Å². The van der Waals surface area contributed by atoms with E-state index in [1.54, 1.807) is 24.8 Å². The quantitative estimate of drug-likeness (QED) is 0.260. The number of piperazine rings is 1. The monoisotopic (exact) mass is 639 g/mol. The zero-order valence-electron chi connectivity index (χ0n) is 27.0. The van der Waals surface area contributed by atoms with E-state index in [9.17, 15) is 19.2 Å². The van der Waals surface area contributed by atoms with E-state index in [-0.39, 0.29) is 29.8 Å². The number of benzene rings is 1. The Kier molecular flexibility index (Phi) is 11.1. The Morgan fingerprint density at radius 2 is 1.63 bits per heavy atom. The molecule has 3 heterocycles. The molecule has 3 aliphatic rings. The summed E-state index contributed by atoms with van der Waals surface area (Å²) in [6, 6.07) is 3.54. The van der Waals surface area contributed by atoms with Gasteiger partial charge in [0.2, 0.25) is 23.6 Å². The molecule has 2 fully saturated rings. The first-order valence-electron chi connectivity index (χ1n) is 16.5. The third-order valence-corrected chi connectivity index (χ3v) is 9.65. The molecule has 1 saturated heterocycles. The molecule has 4 amide bonds. The number of fused-ring (bicyclic) bond motifs is 1. The standard InChI is InChI=1S/C34H46FN5O6/c1-4-29(41)38-31(34(44)40-15-13-39(3)14-16-40)21(2)23-11-12-26(25(35)17-23)36-32(42)30(22-9-7-5-6-8-10-22)33(43)37-27-19-46-28-20-45-18-24(27)28/h11-12,17,19,21-22,30-31H,4-10,13-16,18,20H2,1-3H3,(H,36,42)(H,37,43)(H,38,41)/t21-,30+,31+/m0/s1. The molecule has 5 rings (SSSR count). The highest BCUT2D eigenvalue weighted by molar-refractivity contribution is 6.11. The second kappa shape index (κ2) is 15.2. The van der Waals surface area contributed by atoms with E-state index in [2.05, 4.69) is 20.9 Å². The summed E-state index contributed by atoms with van der Waals surface area (Å²) in [4.78, 5) is 57.3. The zero-order chi connectivity index (χ0) is 32.8. The number of ether oxygens (including phenoxy) is 1. The topological polar surface area (TPSA) is 133 Å². The molecular weight excluding hydrogens is 593 g/mol. The average molecular weight is 640 g/mol. The number of amides is 4. The minimum absolute atomic E-state index is 0.0514. The van der Waals surface area contributed by atoms with Crippen LogP contribution in [-0.4, -0.2) is 72.7 Å². The second-order valence-electron chi connectivity index (χ2n) is 12.8. The van der Waals surface area contributed by atoms with Crippen LogP contribution in [0.5, 0.6) is 0 Å². The lowest BCUT2D eigenvalue weighted by Crippen LogP contribution is -2.55. The zero-order valence-corrected chi connectivity index (χ0v) is 27.0. The Balaban J connectivity index is 1.33. The molecule has 1 aromatic carbocycles. The molecule has 0 spiro atoms. The fraction of sp³-hybridized carbons (Fsp3) is 0.588. The van der Waals surface area contributed by atoms with Gasteiger partial charge in [-0.1, -0.05) is 45.6 Å². The van der Waals surface area contributed by atoms with E-state index in [0.717, 1.165) is 57.2 Å². The largest absolute Gasteiger partial charge is 0.464 e. The van der Waals surface area contributed by atoms with Gasteiger partial charge in [0.25, 0.3) is 0 Å². The molecule has 1 aliphatic carbocycles. The van der Waals surface area contributed by atoms with E-state index in [4.69, 9.17) is 9.15 Å². The van der Waals surface area contributed by atoms with Crippen molar-refractivity contribution in [2.45, 2.75) is 84.0 Å². The first-order valence-corrected chi connectivity index (χ1v) is 16.5. The number of hydrogen-bond acceptors (Lipinski definition) is 7. The number of halogens is 1. The highest BCUT2D eigenvalue weighted by Gasteiger charge is 2.37.